The minimum atomic E-state index is -0.0679. The highest BCUT2D eigenvalue weighted by Gasteiger charge is 2.31. The van der Waals surface area contributed by atoms with Crippen LogP contribution in [0.25, 0.3) is 6.08 Å². The standard InChI is InChI=1S/C19H17NO3S2/c1-22-15-7-3-13(4-8-15)11-17-18(21)20(19(24)25-17)12-14-5-9-16(23-2)10-6-14/h3-11H,12H2,1-2H3. The summed E-state index contributed by atoms with van der Waals surface area (Å²) in [6, 6.07) is 15.2. The van der Waals surface area contributed by atoms with Crippen molar-refractivity contribution in [3.63, 3.8) is 0 Å². The van der Waals surface area contributed by atoms with Gasteiger partial charge >= 0.3 is 0 Å². The molecule has 3 rings (SSSR count). The van der Waals surface area contributed by atoms with Crippen molar-refractivity contribution in [2.45, 2.75) is 6.54 Å². The molecule has 0 unspecified atom stereocenters. The van der Waals surface area contributed by atoms with Gasteiger partial charge in [-0.2, -0.15) is 0 Å². The third kappa shape index (κ3) is 4.03. The number of methoxy groups -OCH3 is 2. The molecule has 0 bridgehead atoms. The van der Waals surface area contributed by atoms with Crippen LogP contribution in [0.1, 0.15) is 11.1 Å². The molecule has 4 nitrogen and oxygen atoms in total. The number of nitrogens with zero attached hydrogens (tertiary/aromatic N) is 1. The first-order valence-corrected chi connectivity index (χ1v) is 8.85. The zero-order valence-electron chi connectivity index (χ0n) is 13.9. The fourth-order valence-corrected chi connectivity index (χ4v) is 3.66. The van der Waals surface area contributed by atoms with Crippen LogP contribution in [0.4, 0.5) is 0 Å². The van der Waals surface area contributed by atoms with Gasteiger partial charge in [0.15, 0.2) is 0 Å². The Labute approximate surface area is 156 Å². The molecule has 0 radical (unpaired) electrons. The molecule has 25 heavy (non-hydrogen) atoms. The van der Waals surface area contributed by atoms with Crippen molar-refractivity contribution in [3.8, 4) is 11.5 Å². The van der Waals surface area contributed by atoms with E-state index in [9.17, 15) is 4.79 Å². The van der Waals surface area contributed by atoms with E-state index in [1.165, 1.54) is 11.8 Å². The van der Waals surface area contributed by atoms with Gasteiger partial charge in [0.05, 0.1) is 25.7 Å². The van der Waals surface area contributed by atoms with Crippen LogP contribution in [0.2, 0.25) is 0 Å². The maximum absolute atomic E-state index is 12.7. The number of carbonyl (C=O) groups excluding carboxylic acids is 1. The Kier molecular flexibility index (Phi) is 5.40. The zero-order valence-corrected chi connectivity index (χ0v) is 15.5. The highest BCUT2D eigenvalue weighted by atomic mass is 32.2. The number of thiocarbonyl (C=S) groups is 1. The Morgan fingerprint density at radius 3 is 2.12 bits per heavy atom. The van der Waals surface area contributed by atoms with Crippen LogP contribution in [0.5, 0.6) is 11.5 Å². The lowest BCUT2D eigenvalue weighted by molar-refractivity contribution is -0.122. The van der Waals surface area contributed by atoms with E-state index in [1.54, 1.807) is 19.1 Å². The lowest BCUT2D eigenvalue weighted by atomic mass is 10.2. The summed E-state index contributed by atoms with van der Waals surface area (Å²) >= 11 is 6.71. The monoisotopic (exact) mass is 371 g/mol. The van der Waals surface area contributed by atoms with Gasteiger partial charge in [-0.25, -0.2) is 0 Å². The molecule has 128 valence electrons. The van der Waals surface area contributed by atoms with E-state index < -0.39 is 0 Å². The molecule has 1 aliphatic heterocycles. The number of benzene rings is 2. The molecule has 0 aliphatic carbocycles. The highest BCUT2D eigenvalue weighted by molar-refractivity contribution is 8.26. The van der Waals surface area contributed by atoms with Crippen molar-refractivity contribution in [2.75, 3.05) is 14.2 Å². The van der Waals surface area contributed by atoms with Crippen LogP contribution in [0.15, 0.2) is 53.4 Å². The molecule has 0 atom stereocenters. The topological polar surface area (TPSA) is 38.8 Å². The largest absolute Gasteiger partial charge is 0.497 e. The van der Waals surface area contributed by atoms with Crippen LogP contribution in [0.3, 0.4) is 0 Å². The average Bonchev–Trinajstić information content (AvgIpc) is 2.90. The van der Waals surface area contributed by atoms with E-state index in [4.69, 9.17) is 21.7 Å². The van der Waals surface area contributed by atoms with Gasteiger partial charge in [-0.05, 0) is 41.5 Å². The second-order valence-corrected chi connectivity index (χ2v) is 7.06. The highest BCUT2D eigenvalue weighted by Crippen LogP contribution is 2.34. The molecule has 2 aromatic rings. The Hall–Kier alpha value is -2.31. The molecule has 0 aromatic heterocycles. The fraction of sp³-hybridized carbons (Fsp3) is 0.158. The Morgan fingerprint density at radius 1 is 1.00 bits per heavy atom. The molecule has 2 aromatic carbocycles. The molecule has 1 fully saturated rings. The molecule has 1 heterocycles. The molecular formula is C19H17NO3S2. The predicted octanol–water partition coefficient (Wildman–Crippen LogP) is 4.11. The number of thioether (sulfide) groups is 1. The summed E-state index contributed by atoms with van der Waals surface area (Å²) in [6.07, 6.45) is 1.85. The van der Waals surface area contributed by atoms with Gasteiger partial charge in [-0.1, -0.05) is 48.2 Å². The predicted molar refractivity (Wildman–Crippen MR) is 105 cm³/mol. The van der Waals surface area contributed by atoms with Crippen LogP contribution in [0, 0.1) is 0 Å². The van der Waals surface area contributed by atoms with Gasteiger partial charge < -0.3 is 9.47 Å². The van der Waals surface area contributed by atoms with E-state index in [0.717, 1.165) is 22.6 Å². The number of carbonyl (C=O) groups is 1. The second-order valence-electron chi connectivity index (χ2n) is 5.39. The summed E-state index contributed by atoms with van der Waals surface area (Å²) in [6.45, 7) is 0.453. The van der Waals surface area contributed by atoms with Gasteiger partial charge in [0.2, 0.25) is 0 Å². The summed E-state index contributed by atoms with van der Waals surface area (Å²) in [5.41, 5.74) is 1.94. The molecule has 0 spiro atoms. The van der Waals surface area contributed by atoms with Gasteiger partial charge in [0.25, 0.3) is 5.91 Å². The van der Waals surface area contributed by atoms with E-state index in [2.05, 4.69) is 0 Å². The minimum Gasteiger partial charge on any atom is -0.497 e. The summed E-state index contributed by atoms with van der Waals surface area (Å²) in [5, 5.41) is 0. The van der Waals surface area contributed by atoms with Gasteiger partial charge in [-0.15, -0.1) is 0 Å². The normalized spacial score (nSPS) is 15.8. The summed E-state index contributed by atoms with van der Waals surface area (Å²) in [5.74, 6) is 1.50. The van der Waals surface area contributed by atoms with Gasteiger partial charge in [-0.3, -0.25) is 9.69 Å². The minimum absolute atomic E-state index is 0.0679. The van der Waals surface area contributed by atoms with Crippen LogP contribution >= 0.6 is 24.0 Å². The van der Waals surface area contributed by atoms with Crippen molar-refractivity contribution >= 4 is 40.3 Å². The summed E-state index contributed by atoms with van der Waals surface area (Å²) in [4.78, 5) is 14.9. The first kappa shape index (κ1) is 17.5. The summed E-state index contributed by atoms with van der Waals surface area (Å²) in [7, 11) is 3.25. The number of rotatable bonds is 5. The van der Waals surface area contributed by atoms with Gasteiger partial charge in [0.1, 0.15) is 15.8 Å². The van der Waals surface area contributed by atoms with Crippen molar-refractivity contribution < 1.29 is 14.3 Å². The Balaban J connectivity index is 1.75. The van der Waals surface area contributed by atoms with Crippen molar-refractivity contribution in [2.24, 2.45) is 0 Å². The third-order valence-corrected chi connectivity index (χ3v) is 5.16. The van der Waals surface area contributed by atoms with E-state index in [-0.39, 0.29) is 5.91 Å². The van der Waals surface area contributed by atoms with Crippen LogP contribution < -0.4 is 9.47 Å². The van der Waals surface area contributed by atoms with Crippen molar-refractivity contribution in [1.29, 1.82) is 0 Å². The smallest absolute Gasteiger partial charge is 0.266 e. The third-order valence-electron chi connectivity index (χ3n) is 3.79. The molecule has 1 amide bonds. The first-order chi connectivity index (χ1) is 12.1. The van der Waals surface area contributed by atoms with Crippen LogP contribution in [-0.2, 0) is 11.3 Å². The van der Waals surface area contributed by atoms with Crippen molar-refractivity contribution in [3.05, 3.63) is 64.6 Å². The molecule has 6 heteroatoms. The molecular weight excluding hydrogens is 354 g/mol. The molecule has 0 saturated carbocycles. The fourth-order valence-electron chi connectivity index (χ4n) is 2.40. The van der Waals surface area contributed by atoms with Crippen molar-refractivity contribution in [1.82, 2.24) is 4.90 Å². The van der Waals surface area contributed by atoms with Crippen LogP contribution in [-0.4, -0.2) is 29.3 Å². The second kappa shape index (κ2) is 7.72. The number of hydrogen-bond donors (Lipinski definition) is 0. The number of hydrogen-bond acceptors (Lipinski definition) is 5. The number of ether oxygens (including phenoxy) is 2. The first-order valence-electron chi connectivity index (χ1n) is 7.63. The lowest BCUT2D eigenvalue weighted by Crippen LogP contribution is -2.27. The maximum atomic E-state index is 12.7. The number of amides is 1. The molecule has 1 aliphatic rings. The average molecular weight is 371 g/mol. The zero-order chi connectivity index (χ0) is 17.8. The Bertz CT molecular complexity index is 814. The Morgan fingerprint density at radius 2 is 1.56 bits per heavy atom. The van der Waals surface area contributed by atoms with E-state index in [0.29, 0.717) is 15.8 Å². The SMILES string of the molecule is COc1ccc(C=C2SC(=S)N(Cc3ccc(OC)cc3)C2=O)cc1. The summed E-state index contributed by atoms with van der Waals surface area (Å²) < 4.78 is 10.9. The maximum Gasteiger partial charge on any atom is 0.266 e. The van der Waals surface area contributed by atoms with E-state index in [1.807, 2.05) is 54.6 Å². The molecule has 0 N–H and O–H groups in total. The molecule has 1 saturated heterocycles. The van der Waals surface area contributed by atoms with E-state index >= 15 is 0 Å². The lowest BCUT2D eigenvalue weighted by Gasteiger charge is -2.14. The van der Waals surface area contributed by atoms with Gasteiger partial charge in [0, 0.05) is 0 Å². The quantitative estimate of drug-likeness (QED) is 0.584.